The molecule has 19 heavy (non-hydrogen) atoms. The van der Waals surface area contributed by atoms with Gasteiger partial charge in [-0.05, 0) is 45.2 Å². The Morgan fingerprint density at radius 2 is 2.16 bits per heavy atom. The molecule has 0 aromatic rings. The molecule has 3 fully saturated rings. The average Bonchev–Trinajstić information content (AvgIpc) is 3.07. The summed E-state index contributed by atoms with van der Waals surface area (Å²) in [5.74, 6) is 0.977. The first kappa shape index (κ1) is 13.4. The van der Waals surface area contributed by atoms with Crippen molar-refractivity contribution in [3.8, 4) is 0 Å². The summed E-state index contributed by atoms with van der Waals surface area (Å²) in [6.45, 7) is 6.74. The zero-order chi connectivity index (χ0) is 13.6. The molecule has 0 bridgehead atoms. The van der Waals surface area contributed by atoms with E-state index in [1.807, 2.05) is 0 Å². The van der Waals surface area contributed by atoms with Gasteiger partial charge in [0.15, 0.2) is 0 Å². The number of likely N-dealkylation sites (tertiary alicyclic amines) is 1. The summed E-state index contributed by atoms with van der Waals surface area (Å²) in [6.07, 6.45) is 5.73. The number of rotatable bonds is 3. The van der Waals surface area contributed by atoms with E-state index in [-0.39, 0.29) is 11.7 Å². The lowest BCUT2D eigenvalue weighted by Crippen LogP contribution is -2.53. The lowest BCUT2D eigenvalue weighted by molar-refractivity contribution is -0.135. The summed E-state index contributed by atoms with van der Waals surface area (Å²) in [7, 11) is 2.18. The largest absolute Gasteiger partial charge is 0.322 e. The summed E-state index contributed by atoms with van der Waals surface area (Å²) < 4.78 is 0. The second kappa shape index (κ2) is 4.74. The predicted octanol–water partition coefficient (Wildman–Crippen LogP) is 1.42. The highest BCUT2D eigenvalue weighted by atomic mass is 16.2. The molecule has 1 aliphatic carbocycles. The Morgan fingerprint density at radius 3 is 2.74 bits per heavy atom. The first-order chi connectivity index (χ1) is 9.07. The van der Waals surface area contributed by atoms with Gasteiger partial charge in [-0.3, -0.25) is 10.1 Å². The van der Waals surface area contributed by atoms with Gasteiger partial charge in [0.1, 0.15) is 0 Å². The van der Waals surface area contributed by atoms with Gasteiger partial charge in [0.2, 0.25) is 5.91 Å². The standard InChI is InChI=1S/C15H27N3O/c1-4-5-13-16-15(7-8-15)14(19)18(13)12-6-9-17(3)10-11(12)2/h11-13,16H,4-10H2,1-3H3. The molecule has 3 rings (SSSR count). The number of amides is 1. The van der Waals surface area contributed by atoms with Gasteiger partial charge in [0.25, 0.3) is 0 Å². The van der Waals surface area contributed by atoms with Gasteiger partial charge in [0.05, 0.1) is 11.7 Å². The molecular formula is C15H27N3O. The highest BCUT2D eigenvalue weighted by Gasteiger charge is 2.60. The molecule has 1 amide bonds. The molecule has 0 aromatic heterocycles. The molecular weight excluding hydrogens is 238 g/mol. The van der Waals surface area contributed by atoms with Crippen molar-refractivity contribution in [2.24, 2.45) is 5.92 Å². The van der Waals surface area contributed by atoms with Crippen molar-refractivity contribution in [3.05, 3.63) is 0 Å². The third kappa shape index (κ3) is 2.19. The molecule has 3 atom stereocenters. The number of carbonyl (C=O) groups is 1. The third-order valence-electron chi connectivity index (χ3n) is 5.16. The number of nitrogens with one attached hydrogen (secondary N) is 1. The van der Waals surface area contributed by atoms with Crippen LogP contribution in [0.1, 0.15) is 46.0 Å². The van der Waals surface area contributed by atoms with Crippen LogP contribution in [0.15, 0.2) is 0 Å². The van der Waals surface area contributed by atoms with Crippen LogP contribution in [0.3, 0.4) is 0 Å². The van der Waals surface area contributed by atoms with E-state index in [9.17, 15) is 4.79 Å². The predicted molar refractivity (Wildman–Crippen MR) is 75.7 cm³/mol. The third-order valence-corrected chi connectivity index (χ3v) is 5.16. The van der Waals surface area contributed by atoms with Crippen LogP contribution in [0, 0.1) is 5.92 Å². The molecule has 2 aliphatic heterocycles. The van der Waals surface area contributed by atoms with Crippen molar-refractivity contribution < 1.29 is 4.79 Å². The molecule has 3 aliphatic rings. The molecule has 2 saturated heterocycles. The number of nitrogens with zero attached hydrogens (tertiary/aromatic N) is 2. The first-order valence-corrected chi connectivity index (χ1v) is 7.86. The van der Waals surface area contributed by atoms with Crippen molar-refractivity contribution in [3.63, 3.8) is 0 Å². The monoisotopic (exact) mass is 265 g/mol. The summed E-state index contributed by atoms with van der Waals surface area (Å²) in [5, 5.41) is 3.63. The Labute approximate surface area is 116 Å². The van der Waals surface area contributed by atoms with E-state index in [4.69, 9.17) is 0 Å². The lowest BCUT2D eigenvalue weighted by atomic mass is 9.92. The van der Waals surface area contributed by atoms with Crippen molar-refractivity contribution >= 4 is 5.91 Å². The fourth-order valence-corrected chi connectivity index (χ4v) is 3.94. The molecule has 1 N–H and O–H groups in total. The van der Waals surface area contributed by atoms with Crippen molar-refractivity contribution in [2.75, 3.05) is 20.1 Å². The molecule has 4 heteroatoms. The molecule has 1 spiro atoms. The summed E-state index contributed by atoms with van der Waals surface area (Å²) in [6, 6.07) is 0.438. The zero-order valence-electron chi connectivity index (χ0n) is 12.5. The van der Waals surface area contributed by atoms with Crippen LogP contribution in [0.25, 0.3) is 0 Å². The van der Waals surface area contributed by atoms with E-state index in [0.717, 1.165) is 45.2 Å². The van der Waals surface area contributed by atoms with E-state index in [1.165, 1.54) is 0 Å². The summed E-state index contributed by atoms with van der Waals surface area (Å²) >= 11 is 0. The molecule has 4 nitrogen and oxygen atoms in total. The molecule has 0 radical (unpaired) electrons. The number of hydrogen-bond donors (Lipinski definition) is 1. The molecule has 3 unspecified atom stereocenters. The summed E-state index contributed by atoms with van der Waals surface area (Å²) in [4.78, 5) is 17.4. The van der Waals surface area contributed by atoms with E-state index in [2.05, 4.69) is 36.0 Å². The van der Waals surface area contributed by atoms with Gasteiger partial charge in [-0.2, -0.15) is 0 Å². The SMILES string of the molecule is CCCC1NC2(CC2)C(=O)N1C1CCN(C)CC1C. The van der Waals surface area contributed by atoms with Crippen LogP contribution in [0.5, 0.6) is 0 Å². The highest BCUT2D eigenvalue weighted by molar-refractivity contribution is 5.92. The second-order valence-corrected chi connectivity index (χ2v) is 6.84. The fraction of sp³-hybridized carbons (Fsp3) is 0.933. The number of hydrogen-bond acceptors (Lipinski definition) is 3. The Kier molecular flexibility index (Phi) is 3.34. The Morgan fingerprint density at radius 1 is 1.42 bits per heavy atom. The van der Waals surface area contributed by atoms with Crippen LogP contribution < -0.4 is 5.32 Å². The summed E-state index contributed by atoms with van der Waals surface area (Å²) in [5.41, 5.74) is -0.150. The molecule has 1 saturated carbocycles. The van der Waals surface area contributed by atoms with Gasteiger partial charge in [0, 0.05) is 12.6 Å². The van der Waals surface area contributed by atoms with Crippen molar-refractivity contribution in [1.29, 1.82) is 0 Å². The van der Waals surface area contributed by atoms with Crippen molar-refractivity contribution in [2.45, 2.75) is 63.7 Å². The van der Waals surface area contributed by atoms with E-state index >= 15 is 0 Å². The van der Waals surface area contributed by atoms with Crippen LogP contribution in [-0.2, 0) is 4.79 Å². The maximum absolute atomic E-state index is 12.8. The van der Waals surface area contributed by atoms with Crippen LogP contribution in [0.4, 0.5) is 0 Å². The fourth-order valence-electron chi connectivity index (χ4n) is 3.94. The van der Waals surface area contributed by atoms with Gasteiger partial charge in [-0.1, -0.05) is 20.3 Å². The first-order valence-electron chi connectivity index (χ1n) is 7.86. The quantitative estimate of drug-likeness (QED) is 0.838. The number of carbonyl (C=O) groups excluding carboxylic acids is 1. The van der Waals surface area contributed by atoms with Gasteiger partial charge in [-0.15, -0.1) is 0 Å². The highest BCUT2D eigenvalue weighted by Crippen LogP contribution is 2.44. The minimum atomic E-state index is -0.150. The minimum absolute atomic E-state index is 0.150. The van der Waals surface area contributed by atoms with Crippen LogP contribution in [-0.4, -0.2) is 53.6 Å². The maximum atomic E-state index is 12.8. The lowest BCUT2D eigenvalue weighted by Gasteiger charge is -2.42. The smallest absolute Gasteiger partial charge is 0.244 e. The van der Waals surface area contributed by atoms with E-state index in [1.54, 1.807) is 0 Å². The topological polar surface area (TPSA) is 35.6 Å². The van der Waals surface area contributed by atoms with Gasteiger partial charge < -0.3 is 9.80 Å². The second-order valence-electron chi connectivity index (χ2n) is 6.84. The minimum Gasteiger partial charge on any atom is -0.322 e. The van der Waals surface area contributed by atoms with E-state index < -0.39 is 0 Å². The molecule has 2 heterocycles. The van der Waals surface area contributed by atoms with Crippen LogP contribution in [0.2, 0.25) is 0 Å². The van der Waals surface area contributed by atoms with Crippen LogP contribution >= 0.6 is 0 Å². The Bertz CT molecular complexity index is 366. The Hall–Kier alpha value is -0.610. The number of piperidine rings is 1. The van der Waals surface area contributed by atoms with E-state index in [0.29, 0.717) is 17.9 Å². The Balaban J connectivity index is 1.78. The average molecular weight is 265 g/mol. The van der Waals surface area contributed by atoms with Crippen molar-refractivity contribution in [1.82, 2.24) is 15.1 Å². The molecule has 0 aromatic carbocycles. The molecule has 108 valence electrons. The van der Waals surface area contributed by atoms with Gasteiger partial charge in [-0.25, -0.2) is 0 Å². The normalized spacial score (nSPS) is 38.2. The zero-order valence-corrected chi connectivity index (χ0v) is 12.5. The van der Waals surface area contributed by atoms with Gasteiger partial charge >= 0.3 is 0 Å². The maximum Gasteiger partial charge on any atom is 0.244 e.